The number of hydrogen-bond donors (Lipinski definition) is 0. The molecule has 5 aliphatic rings. The number of amides is 3. The zero-order chi connectivity index (χ0) is 25.5. The summed E-state index contributed by atoms with van der Waals surface area (Å²) < 4.78 is 0.912. The van der Waals surface area contributed by atoms with Gasteiger partial charge in [-0.2, -0.15) is 0 Å². The molecule has 6 atom stereocenters. The molecule has 6 unspecified atom stereocenters. The molecule has 0 aromatic heterocycles. The molecule has 2 aromatic rings. The Hall–Kier alpha value is -3.33. The molecule has 1 aliphatic heterocycles. The topological polar surface area (TPSA) is 101 Å². The minimum Gasteiger partial charge on any atom is -0.290 e. The first-order valence-electron chi connectivity index (χ1n) is 12.0. The molecule has 8 nitrogen and oxygen atoms in total. The van der Waals surface area contributed by atoms with E-state index in [0.717, 1.165) is 22.0 Å². The summed E-state index contributed by atoms with van der Waals surface area (Å²) >= 11 is 3.55. The van der Waals surface area contributed by atoms with Crippen LogP contribution in [0.15, 0.2) is 53.0 Å². The summed E-state index contributed by atoms with van der Waals surface area (Å²) in [5.74, 6) is -0.360. The largest absolute Gasteiger partial charge is 0.290 e. The molecule has 184 valence electrons. The summed E-state index contributed by atoms with van der Waals surface area (Å²) in [6.07, 6.45) is 5.32. The lowest BCUT2D eigenvalue weighted by molar-refractivity contribution is -0.384. The van der Waals surface area contributed by atoms with Gasteiger partial charge >= 0.3 is 0 Å². The van der Waals surface area contributed by atoms with Gasteiger partial charge in [-0.15, -0.1) is 0 Å². The van der Waals surface area contributed by atoms with Gasteiger partial charge in [0.1, 0.15) is 6.67 Å². The van der Waals surface area contributed by atoms with Crippen molar-refractivity contribution in [1.82, 2.24) is 4.90 Å². The van der Waals surface area contributed by atoms with E-state index in [-0.39, 0.29) is 53.4 Å². The Morgan fingerprint density at radius 2 is 1.56 bits per heavy atom. The first kappa shape index (κ1) is 23.1. The molecule has 2 bridgehead atoms. The van der Waals surface area contributed by atoms with Crippen molar-refractivity contribution in [3.63, 3.8) is 0 Å². The first-order chi connectivity index (χ1) is 17.2. The predicted molar refractivity (Wildman–Crippen MR) is 135 cm³/mol. The minimum absolute atomic E-state index is 0.0995. The molecule has 1 saturated heterocycles. The van der Waals surface area contributed by atoms with Crippen LogP contribution in [0.2, 0.25) is 0 Å². The number of aryl methyl sites for hydroxylation is 2. The second-order valence-electron chi connectivity index (χ2n) is 10.3. The molecule has 4 aliphatic carbocycles. The van der Waals surface area contributed by atoms with Crippen LogP contribution < -0.4 is 4.90 Å². The molecule has 7 rings (SSSR count). The van der Waals surface area contributed by atoms with E-state index in [4.69, 9.17) is 0 Å². The van der Waals surface area contributed by atoms with Gasteiger partial charge in [-0.3, -0.25) is 34.3 Å². The quantitative estimate of drug-likeness (QED) is 0.234. The lowest BCUT2D eigenvalue weighted by atomic mass is 9.63. The van der Waals surface area contributed by atoms with E-state index in [1.165, 1.54) is 34.1 Å². The van der Waals surface area contributed by atoms with E-state index in [1.54, 1.807) is 0 Å². The van der Waals surface area contributed by atoms with E-state index in [9.17, 15) is 24.5 Å². The van der Waals surface area contributed by atoms with E-state index < -0.39 is 10.8 Å². The van der Waals surface area contributed by atoms with Crippen LogP contribution in [0.25, 0.3) is 0 Å². The normalized spacial score (nSPS) is 29.2. The second-order valence-corrected chi connectivity index (χ2v) is 11.1. The summed E-state index contributed by atoms with van der Waals surface area (Å²) in [5.41, 5.74) is 2.47. The molecule has 9 heteroatoms. The number of nitro benzene ring substituents is 1. The Bertz CT molecular complexity index is 1310. The fraction of sp³-hybridized carbons (Fsp3) is 0.370. The van der Waals surface area contributed by atoms with Gasteiger partial charge in [-0.1, -0.05) is 28.1 Å². The third kappa shape index (κ3) is 3.36. The van der Waals surface area contributed by atoms with Crippen molar-refractivity contribution in [2.75, 3.05) is 11.6 Å². The molecule has 36 heavy (non-hydrogen) atoms. The van der Waals surface area contributed by atoms with Crippen LogP contribution in [0.1, 0.15) is 27.9 Å². The van der Waals surface area contributed by atoms with Crippen molar-refractivity contribution in [2.24, 2.45) is 35.5 Å². The maximum absolute atomic E-state index is 13.7. The molecule has 2 saturated carbocycles. The molecule has 0 N–H and O–H groups in total. The van der Waals surface area contributed by atoms with E-state index in [2.05, 4.69) is 28.1 Å². The fourth-order valence-corrected chi connectivity index (χ4v) is 6.75. The Morgan fingerprint density at radius 3 is 2.06 bits per heavy atom. The average molecular weight is 550 g/mol. The van der Waals surface area contributed by atoms with Crippen LogP contribution >= 0.6 is 15.9 Å². The van der Waals surface area contributed by atoms with Crippen LogP contribution in [-0.4, -0.2) is 34.2 Å². The molecule has 2 aromatic carbocycles. The van der Waals surface area contributed by atoms with E-state index in [0.29, 0.717) is 17.5 Å². The minimum atomic E-state index is -0.524. The van der Waals surface area contributed by atoms with Gasteiger partial charge in [0, 0.05) is 27.9 Å². The molecule has 1 heterocycles. The number of nitrogens with zero attached hydrogens (tertiary/aromatic N) is 3. The zero-order valence-electron chi connectivity index (χ0n) is 19.8. The van der Waals surface area contributed by atoms with Gasteiger partial charge in [-0.05, 0) is 79.3 Å². The van der Waals surface area contributed by atoms with Gasteiger partial charge in [0.2, 0.25) is 11.8 Å². The van der Waals surface area contributed by atoms with Crippen molar-refractivity contribution in [2.45, 2.75) is 20.3 Å². The van der Waals surface area contributed by atoms with Gasteiger partial charge in [0.05, 0.1) is 16.8 Å². The van der Waals surface area contributed by atoms with Gasteiger partial charge in [0.15, 0.2) is 0 Å². The Labute approximate surface area is 216 Å². The highest BCUT2D eigenvalue weighted by molar-refractivity contribution is 9.10. The number of allylic oxidation sites excluding steroid dienone is 2. The number of benzene rings is 2. The number of carbonyl (C=O) groups excluding carboxylic acids is 3. The average Bonchev–Trinajstić information content (AvgIpc) is 3.65. The third-order valence-corrected chi connectivity index (χ3v) is 9.59. The van der Waals surface area contributed by atoms with Gasteiger partial charge in [-0.25, -0.2) is 0 Å². The highest BCUT2D eigenvalue weighted by Crippen LogP contribution is 2.65. The van der Waals surface area contributed by atoms with Crippen LogP contribution in [-0.2, 0) is 9.59 Å². The Kier molecular flexibility index (Phi) is 5.19. The SMILES string of the molecule is Cc1cc(N(CN2C(=O)C3C4C=CC(C5CC45)C3C2=O)C(=O)c2ccc([N+](=O)[O-])cc2)cc(C)c1Br. The van der Waals surface area contributed by atoms with Crippen LogP contribution in [0.4, 0.5) is 11.4 Å². The maximum Gasteiger partial charge on any atom is 0.269 e. The summed E-state index contributed by atoms with van der Waals surface area (Å²) in [4.78, 5) is 54.1. The molecule has 0 radical (unpaired) electrons. The van der Waals surface area contributed by atoms with E-state index in [1.807, 2.05) is 26.0 Å². The van der Waals surface area contributed by atoms with Crippen LogP contribution in [0.5, 0.6) is 0 Å². The number of non-ortho nitro benzene ring substituents is 1. The standard InChI is InChI=1S/C27H24BrN3O5/c1-13-9-17(10-14(2)24(13)28)29(25(32)15-3-5-16(6-4-15)31(35)36)12-30-26(33)22-18-7-8-19(21-11-20(18)21)23(22)27(30)34/h3-10,18-23H,11-12H2,1-2H3. The fourth-order valence-electron chi connectivity index (χ4n) is 6.52. The molecule has 3 fully saturated rings. The van der Waals surface area contributed by atoms with Crippen molar-refractivity contribution >= 4 is 45.0 Å². The van der Waals surface area contributed by atoms with Crippen molar-refractivity contribution in [3.8, 4) is 0 Å². The van der Waals surface area contributed by atoms with Gasteiger partial charge < -0.3 is 0 Å². The van der Waals surface area contributed by atoms with E-state index >= 15 is 0 Å². The summed E-state index contributed by atoms with van der Waals surface area (Å²) in [6, 6.07) is 9.02. The molecule has 0 spiro atoms. The molecular formula is C27H24BrN3O5. The van der Waals surface area contributed by atoms with Crippen molar-refractivity contribution in [3.05, 3.63) is 79.8 Å². The smallest absolute Gasteiger partial charge is 0.269 e. The maximum atomic E-state index is 13.7. The number of anilines is 1. The summed E-state index contributed by atoms with van der Waals surface area (Å²) in [7, 11) is 0. The number of rotatable bonds is 5. The Balaban J connectivity index is 1.36. The number of imide groups is 1. The highest BCUT2D eigenvalue weighted by Gasteiger charge is 2.67. The second kappa shape index (κ2) is 8.09. The van der Waals surface area contributed by atoms with Gasteiger partial charge in [0.25, 0.3) is 11.6 Å². The van der Waals surface area contributed by atoms with Crippen LogP contribution in [0.3, 0.4) is 0 Å². The Morgan fingerprint density at radius 1 is 1.03 bits per heavy atom. The lowest BCUT2D eigenvalue weighted by Gasteiger charge is -2.37. The lowest BCUT2D eigenvalue weighted by Crippen LogP contribution is -2.45. The predicted octanol–water partition coefficient (Wildman–Crippen LogP) is 4.63. The van der Waals surface area contributed by atoms with Crippen molar-refractivity contribution < 1.29 is 19.3 Å². The number of likely N-dealkylation sites (tertiary alicyclic amines) is 1. The first-order valence-corrected chi connectivity index (χ1v) is 12.8. The summed E-state index contributed by atoms with van der Waals surface area (Å²) in [6.45, 7) is 3.62. The van der Waals surface area contributed by atoms with Crippen LogP contribution in [0, 0.1) is 59.5 Å². The number of nitro groups is 1. The highest BCUT2D eigenvalue weighted by atomic mass is 79.9. The molecular weight excluding hydrogens is 526 g/mol. The number of carbonyl (C=O) groups is 3. The summed E-state index contributed by atoms with van der Waals surface area (Å²) in [5, 5.41) is 11.1. The zero-order valence-corrected chi connectivity index (χ0v) is 21.3. The number of halogens is 1. The molecule has 3 amide bonds. The number of hydrogen-bond acceptors (Lipinski definition) is 5. The third-order valence-electron chi connectivity index (χ3n) is 8.34. The monoisotopic (exact) mass is 549 g/mol. The van der Waals surface area contributed by atoms with Crippen molar-refractivity contribution in [1.29, 1.82) is 0 Å².